The summed E-state index contributed by atoms with van der Waals surface area (Å²) in [5, 5.41) is 14.3. The number of thiazole rings is 1. The lowest BCUT2D eigenvalue weighted by atomic mass is 10.1. The van der Waals surface area contributed by atoms with Crippen LogP contribution in [0.2, 0.25) is 0 Å². The van der Waals surface area contributed by atoms with Gasteiger partial charge in [0.2, 0.25) is 6.79 Å². The fourth-order valence-electron chi connectivity index (χ4n) is 2.67. The molecule has 1 aliphatic rings. The quantitative estimate of drug-likeness (QED) is 0.533. The van der Waals surface area contributed by atoms with Crippen LogP contribution in [0, 0.1) is 10.1 Å². The average Bonchev–Trinajstić information content (AvgIpc) is 3.30. The van der Waals surface area contributed by atoms with Gasteiger partial charge in [0.15, 0.2) is 16.6 Å². The maximum atomic E-state index is 12.6. The van der Waals surface area contributed by atoms with Crippen molar-refractivity contribution in [2.45, 2.75) is 6.42 Å². The summed E-state index contributed by atoms with van der Waals surface area (Å²) >= 11 is 1.32. The van der Waals surface area contributed by atoms with Gasteiger partial charge >= 0.3 is 0 Å². The molecule has 8 nitrogen and oxygen atoms in total. The minimum atomic E-state index is -0.625. The fourth-order valence-corrected chi connectivity index (χ4v) is 3.51. The molecule has 2 aromatic carbocycles. The number of hydrogen-bond donors (Lipinski definition) is 1. The maximum Gasteiger partial charge on any atom is 0.286 e. The zero-order valence-corrected chi connectivity index (χ0v) is 14.7. The first-order chi connectivity index (χ1) is 13.1. The van der Waals surface area contributed by atoms with Gasteiger partial charge in [-0.1, -0.05) is 30.3 Å². The Kier molecular flexibility index (Phi) is 4.43. The van der Waals surface area contributed by atoms with Gasteiger partial charge in [0.25, 0.3) is 11.6 Å². The van der Waals surface area contributed by atoms with E-state index >= 15 is 0 Å². The molecule has 2 heterocycles. The Bertz CT molecular complexity index is 1020. The first-order valence-corrected chi connectivity index (χ1v) is 8.80. The van der Waals surface area contributed by atoms with Crippen molar-refractivity contribution in [1.29, 1.82) is 0 Å². The smallest absolute Gasteiger partial charge is 0.286 e. The number of nitro groups is 1. The fraction of sp³-hybridized carbons (Fsp3) is 0.111. The van der Waals surface area contributed by atoms with Crippen molar-refractivity contribution < 1.29 is 19.2 Å². The van der Waals surface area contributed by atoms with Crippen molar-refractivity contribution in [2.24, 2.45) is 0 Å². The molecule has 0 bridgehead atoms. The van der Waals surface area contributed by atoms with E-state index in [0.717, 1.165) is 10.4 Å². The molecule has 0 aliphatic carbocycles. The minimum Gasteiger partial charge on any atom is -0.454 e. The topological polar surface area (TPSA) is 104 Å². The standard InChI is InChI=1S/C18H13N3O5S/c22-17(13-7-15-16(26-10-25-15)8-14(13)21(23)24)20-18-19-9-12(27-18)6-11-4-2-1-3-5-11/h1-5,7-9H,6,10H2,(H,19,20,22). The molecule has 0 saturated carbocycles. The molecule has 0 saturated heterocycles. The van der Waals surface area contributed by atoms with Gasteiger partial charge in [-0.3, -0.25) is 20.2 Å². The van der Waals surface area contributed by atoms with E-state index in [1.807, 2.05) is 30.3 Å². The van der Waals surface area contributed by atoms with Gasteiger partial charge in [0, 0.05) is 23.6 Å². The Hall–Kier alpha value is -3.46. The second kappa shape index (κ2) is 7.04. The van der Waals surface area contributed by atoms with Crippen LogP contribution < -0.4 is 14.8 Å². The highest BCUT2D eigenvalue weighted by molar-refractivity contribution is 7.15. The van der Waals surface area contributed by atoms with Gasteiger partial charge in [-0.15, -0.1) is 11.3 Å². The predicted octanol–water partition coefficient (Wildman–Crippen LogP) is 3.62. The number of ether oxygens (including phenoxy) is 2. The van der Waals surface area contributed by atoms with Gasteiger partial charge in [0.1, 0.15) is 5.56 Å². The molecular weight excluding hydrogens is 370 g/mol. The van der Waals surface area contributed by atoms with Crippen molar-refractivity contribution in [3.8, 4) is 11.5 Å². The lowest BCUT2D eigenvalue weighted by Crippen LogP contribution is -2.13. The molecule has 0 fully saturated rings. The molecule has 1 amide bonds. The zero-order chi connectivity index (χ0) is 18.8. The van der Waals surface area contributed by atoms with Gasteiger partial charge in [-0.2, -0.15) is 0 Å². The van der Waals surface area contributed by atoms with Gasteiger partial charge in [-0.25, -0.2) is 4.98 Å². The van der Waals surface area contributed by atoms with Crippen molar-refractivity contribution in [3.63, 3.8) is 0 Å². The van der Waals surface area contributed by atoms with E-state index in [-0.39, 0.29) is 23.8 Å². The monoisotopic (exact) mass is 383 g/mol. The number of nitrogens with one attached hydrogen (secondary N) is 1. The van der Waals surface area contributed by atoms with Crippen LogP contribution in [0.1, 0.15) is 20.8 Å². The first-order valence-electron chi connectivity index (χ1n) is 7.98. The van der Waals surface area contributed by atoms with Crippen LogP contribution in [0.4, 0.5) is 10.8 Å². The van der Waals surface area contributed by atoms with Crippen molar-refractivity contribution >= 4 is 28.1 Å². The van der Waals surface area contributed by atoms with Crippen LogP contribution in [-0.2, 0) is 6.42 Å². The van der Waals surface area contributed by atoms with Crippen molar-refractivity contribution in [1.82, 2.24) is 4.98 Å². The second-order valence-corrected chi connectivity index (χ2v) is 6.84. The third kappa shape index (κ3) is 3.58. The number of anilines is 1. The first kappa shape index (κ1) is 17.0. The largest absolute Gasteiger partial charge is 0.454 e. The SMILES string of the molecule is O=C(Nc1ncc(Cc2ccccc2)s1)c1cc2c(cc1[N+](=O)[O-])OCO2. The van der Waals surface area contributed by atoms with E-state index in [0.29, 0.717) is 17.3 Å². The molecule has 0 unspecified atom stereocenters. The number of fused-ring (bicyclic) bond motifs is 1. The summed E-state index contributed by atoms with van der Waals surface area (Å²) in [6.45, 7) is -0.0348. The van der Waals surface area contributed by atoms with E-state index < -0.39 is 10.8 Å². The van der Waals surface area contributed by atoms with E-state index in [1.165, 1.54) is 23.5 Å². The number of amides is 1. The number of carbonyl (C=O) groups is 1. The summed E-state index contributed by atoms with van der Waals surface area (Å²) < 4.78 is 10.3. The van der Waals surface area contributed by atoms with Crippen molar-refractivity contribution in [2.75, 3.05) is 12.1 Å². The van der Waals surface area contributed by atoms with Crippen LogP contribution in [0.25, 0.3) is 0 Å². The van der Waals surface area contributed by atoms with Crippen LogP contribution >= 0.6 is 11.3 Å². The molecule has 1 aromatic heterocycles. The zero-order valence-electron chi connectivity index (χ0n) is 13.9. The Morgan fingerprint density at radius 1 is 1.22 bits per heavy atom. The normalized spacial score (nSPS) is 12.0. The summed E-state index contributed by atoms with van der Waals surface area (Å²) in [5.74, 6) is -0.0760. The van der Waals surface area contributed by atoms with Gasteiger partial charge < -0.3 is 9.47 Å². The highest BCUT2D eigenvalue weighted by Crippen LogP contribution is 2.38. The molecule has 0 atom stereocenters. The number of carbonyl (C=O) groups excluding carboxylic acids is 1. The van der Waals surface area contributed by atoms with E-state index in [4.69, 9.17) is 9.47 Å². The number of hydrogen-bond acceptors (Lipinski definition) is 7. The Morgan fingerprint density at radius 3 is 2.70 bits per heavy atom. The number of nitro benzene ring substituents is 1. The molecule has 0 radical (unpaired) electrons. The Balaban J connectivity index is 1.54. The molecule has 0 spiro atoms. The molecule has 1 aliphatic heterocycles. The second-order valence-electron chi connectivity index (χ2n) is 5.73. The van der Waals surface area contributed by atoms with Gasteiger partial charge in [0.05, 0.1) is 11.0 Å². The van der Waals surface area contributed by atoms with E-state index in [1.54, 1.807) is 6.20 Å². The maximum absolute atomic E-state index is 12.6. The number of aromatic nitrogens is 1. The Labute approximate surface area is 157 Å². The molecule has 27 heavy (non-hydrogen) atoms. The van der Waals surface area contributed by atoms with E-state index in [2.05, 4.69) is 10.3 Å². The minimum absolute atomic E-state index is 0.0348. The third-order valence-corrected chi connectivity index (χ3v) is 4.84. The van der Waals surface area contributed by atoms with Crippen LogP contribution in [0.3, 0.4) is 0 Å². The number of nitrogens with zero attached hydrogens (tertiary/aromatic N) is 2. The molecule has 136 valence electrons. The number of benzene rings is 2. The van der Waals surface area contributed by atoms with Crippen LogP contribution in [0.5, 0.6) is 11.5 Å². The molecule has 9 heteroatoms. The molecule has 1 N–H and O–H groups in total. The lowest BCUT2D eigenvalue weighted by Gasteiger charge is -2.04. The summed E-state index contributed by atoms with van der Waals surface area (Å²) in [6.07, 6.45) is 2.37. The molecule has 4 rings (SSSR count). The van der Waals surface area contributed by atoms with Gasteiger partial charge in [-0.05, 0) is 5.56 Å². The third-order valence-electron chi connectivity index (χ3n) is 3.93. The lowest BCUT2D eigenvalue weighted by molar-refractivity contribution is -0.385. The van der Waals surface area contributed by atoms with Crippen molar-refractivity contribution in [3.05, 3.63) is 74.8 Å². The predicted molar refractivity (Wildman–Crippen MR) is 98.5 cm³/mol. The summed E-state index contributed by atoms with van der Waals surface area (Å²) in [5.41, 5.74) is 0.673. The Morgan fingerprint density at radius 2 is 1.96 bits per heavy atom. The highest BCUT2D eigenvalue weighted by Gasteiger charge is 2.27. The summed E-state index contributed by atoms with van der Waals surface area (Å²) in [4.78, 5) is 28.4. The summed E-state index contributed by atoms with van der Waals surface area (Å²) in [7, 11) is 0. The van der Waals surface area contributed by atoms with E-state index in [9.17, 15) is 14.9 Å². The highest BCUT2D eigenvalue weighted by atomic mass is 32.1. The average molecular weight is 383 g/mol. The van der Waals surface area contributed by atoms with Crippen LogP contribution in [-0.4, -0.2) is 22.6 Å². The number of rotatable bonds is 5. The summed E-state index contributed by atoms with van der Waals surface area (Å²) in [6, 6.07) is 12.4. The molecule has 3 aromatic rings. The van der Waals surface area contributed by atoms with Crippen LogP contribution in [0.15, 0.2) is 48.7 Å². The molecular formula is C18H13N3O5S.